The fourth-order valence-corrected chi connectivity index (χ4v) is 5.89. The number of aromatic nitrogens is 1. The van der Waals surface area contributed by atoms with E-state index in [0.717, 1.165) is 12.2 Å². The average Bonchev–Trinajstić information content (AvgIpc) is 3.25. The quantitative estimate of drug-likeness (QED) is 0.738. The molecular formula is C23H28N4S. The summed E-state index contributed by atoms with van der Waals surface area (Å²) >= 11 is 1.90. The Balaban J connectivity index is 1.50. The lowest BCUT2D eigenvalue weighted by atomic mass is 9.92. The lowest BCUT2D eigenvalue weighted by Gasteiger charge is -2.31. The van der Waals surface area contributed by atoms with Gasteiger partial charge < -0.3 is 9.80 Å². The van der Waals surface area contributed by atoms with Gasteiger partial charge in [-0.1, -0.05) is 30.8 Å². The molecular weight excluding hydrogens is 364 g/mol. The molecule has 1 aromatic carbocycles. The second-order valence-corrected chi connectivity index (χ2v) is 9.63. The standard InChI is InChI=1S/C23H28N4S/c1-16-14-18(26-12-6-3-7-13-26)9-10-19(16)22-21(20-8-4-5-11-24-20)25-23-27(22)15-17(2)28-23/h4-5,8-11,14,17,21-22H,3,6-7,12-13,15H2,1-2H3/t17-,21-,22-/m0/s1. The van der Waals surface area contributed by atoms with E-state index in [0.29, 0.717) is 5.25 Å². The van der Waals surface area contributed by atoms with E-state index in [-0.39, 0.29) is 12.1 Å². The van der Waals surface area contributed by atoms with Crippen molar-refractivity contribution in [3.63, 3.8) is 0 Å². The zero-order chi connectivity index (χ0) is 19.1. The van der Waals surface area contributed by atoms with Gasteiger partial charge in [0.2, 0.25) is 0 Å². The van der Waals surface area contributed by atoms with E-state index in [1.807, 2.05) is 24.0 Å². The minimum atomic E-state index is 0.0794. The summed E-state index contributed by atoms with van der Waals surface area (Å²) < 4.78 is 0. The van der Waals surface area contributed by atoms with Crippen LogP contribution in [0.15, 0.2) is 47.6 Å². The molecule has 0 radical (unpaired) electrons. The first-order chi connectivity index (χ1) is 13.7. The molecule has 3 aliphatic rings. The molecule has 4 nitrogen and oxygen atoms in total. The van der Waals surface area contributed by atoms with E-state index < -0.39 is 0 Å². The molecule has 3 atom stereocenters. The van der Waals surface area contributed by atoms with Crippen molar-refractivity contribution in [3.8, 4) is 0 Å². The molecule has 4 heterocycles. The summed E-state index contributed by atoms with van der Waals surface area (Å²) in [5, 5.41) is 1.78. The molecule has 0 aliphatic carbocycles. The van der Waals surface area contributed by atoms with E-state index in [4.69, 9.17) is 4.99 Å². The van der Waals surface area contributed by atoms with E-state index in [1.165, 1.54) is 54.3 Å². The van der Waals surface area contributed by atoms with Gasteiger partial charge in [0.15, 0.2) is 5.17 Å². The second kappa shape index (κ2) is 7.43. The first kappa shape index (κ1) is 18.0. The third-order valence-electron chi connectivity index (χ3n) is 6.17. The molecule has 2 saturated heterocycles. The minimum Gasteiger partial charge on any atom is -0.372 e. The number of aryl methyl sites for hydroxylation is 1. The van der Waals surface area contributed by atoms with Gasteiger partial charge in [0.25, 0.3) is 0 Å². The summed E-state index contributed by atoms with van der Waals surface area (Å²) in [6.45, 7) is 8.00. The van der Waals surface area contributed by atoms with Crippen molar-refractivity contribution in [1.29, 1.82) is 0 Å². The Bertz CT molecular complexity index is 875. The molecule has 0 spiro atoms. The molecule has 0 unspecified atom stereocenters. The van der Waals surface area contributed by atoms with Crippen molar-refractivity contribution in [2.45, 2.75) is 50.4 Å². The van der Waals surface area contributed by atoms with E-state index in [1.54, 1.807) is 0 Å². The summed E-state index contributed by atoms with van der Waals surface area (Å²) in [6, 6.07) is 13.6. The van der Waals surface area contributed by atoms with Gasteiger partial charge in [-0.3, -0.25) is 9.98 Å². The van der Waals surface area contributed by atoms with E-state index >= 15 is 0 Å². The van der Waals surface area contributed by atoms with Crippen LogP contribution in [0, 0.1) is 6.92 Å². The van der Waals surface area contributed by atoms with Gasteiger partial charge in [-0.05, 0) is 61.6 Å². The van der Waals surface area contributed by atoms with Crippen LogP contribution in [-0.2, 0) is 0 Å². The van der Waals surface area contributed by atoms with Gasteiger partial charge in [0, 0.05) is 36.8 Å². The van der Waals surface area contributed by atoms with Crippen molar-refractivity contribution in [3.05, 3.63) is 59.4 Å². The average molecular weight is 393 g/mol. The van der Waals surface area contributed by atoms with Crippen molar-refractivity contribution >= 4 is 22.6 Å². The van der Waals surface area contributed by atoms with Gasteiger partial charge in [0.1, 0.15) is 6.04 Å². The number of anilines is 1. The number of thioether (sulfide) groups is 1. The Hall–Kier alpha value is -2.01. The van der Waals surface area contributed by atoms with Gasteiger partial charge >= 0.3 is 0 Å². The predicted molar refractivity (Wildman–Crippen MR) is 118 cm³/mol. The van der Waals surface area contributed by atoms with Gasteiger partial charge in [-0.15, -0.1) is 0 Å². The number of hydrogen-bond donors (Lipinski definition) is 0. The number of benzene rings is 1. The van der Waals surface area contributed by atoms with Crippen LogP contribution in [-0.4, -0.2) is 39.9 Å². The number of pyridine rings is 1. The van der Waals surface area contributed by atoms with Crippen LogP contribution in [0.3, 0.4) is 0 Å². The first-order valence-corrected chi connectivity index (χ1v) is 11.4. The van der Waals surface area contributed by atoms with Crippen LogP contribution < -0.4 is 4.90 Å². The highest BCUT2D eigenvalue weighted by Gasteiger charge is 2.43. The molecule has 0 amide bonds. The molecule has 2 aromatic rings. The van der Waals surface area contributed by atoms with E-state index in [2.05, 4.69) is 59.0 Å². The maximum atomic E-state index is 5.11. The topological polar surface area (TPSA) is 31.7 Å². The molecule has 28 heavy (non-hydrogen) atoms. The van der Waals surface area contributed by atoms with Crippen molar-refractivity contribution in [2.75, 3.05) is 24.5 Å². The number of rotatable bonds is 3. The molecule has 0 saturated carbocycles. The number of aliphatic imine (C=N–C) groups is 1. The minimum absolute atomic E-state index is 0.0794. The largest absolute Gasteiger partial charge is 0.372 e. The van der Waals surface area contributed by atoms with Crippen LogP contribution in [0.5, 0.6) is 0 Å². The number of amidine groups is 1. The van der Waals surface area contributed by atoms with Crippen LogP contribution in [0.2, 0.25) is 0 Å². The first-order valence-electron chi connectivity index (χ1n) is 10.5. The molecule has 5 rings (SSSR count). The molecule has 0 N–H and O–H groups in total. The Morgan fingerprint density at radius 3 is 2.68 bits per heavy atom. The normalized spacial score (nSPS) is 27.1. The monoisotopic (exact) mass is 392 g/mol. The molecule has 146 valence electrons. The van der Waals surface area contributed by atoms with Crippen molar-refractivity contribution < 1.29 is 0 Å². The summed E-state index contributed by atoms with van der Waals surface area (Å²) in [6.07, 6.45) is 5.88. The zero-order valence-corrected chi connectivity index (χ0v) is 17.5. The Morgan fingerprint density at radius 1 is 1.07 bits per heavy atom. The third kappa shape index (κ3) is 3.20. The number of nitrogens with zero attached hydrogens (tertiary/aromatic N) is 4. The maximum Gasteiger partial charge on any atom is 0.160 e. The molecule has 3 aliphatic heterocycles. The van der Waals surface area contributed by atoms with Gasteiger partial charge in [-0.2, -0.15) is 0 Å². The number of piperidine rings is 1. The Labute approximate surface area is 172 Å². The van der Waals surface area contributed by atoms with Crippen molar-refractivity contribution in [2.24, 2.45) is 4.99 Å². The van der Waals surface area contributed by atoms with Crippen LogP contribution in [0.25, 0.3) is 0 Å². The SMILES string of the molecule is Cc1cc(N2CCCCC2)ccc1[C@H]1[C@H](c2ccccn2)N=C2S[C@@H](C)CN21. The zero-order valence-electron chi connectivity index (χ0n) is 16.7. The smallest absolute Gasteiger partial charge is 0.160 e. The summed E-state index contributed by atoms with van der Waals surface area (Å²) in [5.41, 5.74) is 5.21. The lowest BCUT2D eigenvalue weighted by molar-refractivity contribution is 0.320. The van der Waals surface area contributed by atoms with E-state index in [9.17, 15) is 0 Å². The Morgan fingerprint density at radius 2 is 1.93 bits per heavy atom. The number of fused-ring (bicyclic) bond motifs is 1. The summed E-state index contributed by atoms with van der Waals surface area (Å²) in [5.74, 6) is 0. The van der Waals surface area contributed by atoms with Crippen LogP contribution in [0.4, 0.5) is 5.69 Å². The fraction of sp³-hybridized carbons (Fsp3) is 0.478. The lowest BCUT2D eigenvalue weighted by Crippen LogP contribution is -2.30. The second-order valence-electron chi connectivity index (χ2n) is 8.23. The molecule has 2 fully saturated rings. The van der Waals surface area contributed by atoms with Gasteiger partial charge in [-0.25, -0.2) is 0 Å². The maximum absolute atomic E-state index is 5.11. The summed E-state index contributed by atoms with van der Waals surface area (Å²) in [7, 11) is 0. The molecule has 5 heteroatoms. The molecule has 1 aromatic heterocycles. The number of hydrogen-bond acceptors (Lipinski definition) is 5. The predicted octanol–water partition coefficient (Wildman–Crippen LogP) is 4.97. The fourth-order valence-electron chi connectivity index (χ4n) is 4.79. The molecule has 0 bridgehead atoms. The van der Waals surface area contributed by atoms with Gasteiger partial charge in [0.05, 0.1) is 11.7 Å². The summed E-state index contributed by atoms with van der Waals surface area (Å²) in [4.78, 5) is 14.8. The Kier molecular flexibility index (Phi) is 4.79. The van der Waals surface area contributed by atoms with Crippen LogP contribution >= 0.6 is 11.8 Å². The highest BCUT2D eigenvalue weighted by Crippen LogP contribution is 2.48. The highest BCUT2D eigenvalue weighted by atomic mass is 32.2. The van der Waals surface area contributed by atoms with Crippen LogP contribution in [0.1, 0.15) is 55.1 Å². The van der Waals surface area contributed by atoms with Crippen molar-refractivity contribution in [1.82, 2.24) is 9.88 Å². The third-order valence-corrected chi connectivity index (χ3v) is 7.28. The highest BCUT2D eigenvalue weighted by molar-refractivity contribution is 8.14.